The Balaban J connectivity index is 1.68. The van der Waals surface area contributed by atoms with Crippen LogP contribution in [-0.4, -0.2) is 44.1 Å². The third kappa shape index (κ3) is 4.87. The van der Waals surface area contributed by atoms with Gasteiger partial charge in [0.1, 0.15) is 5.82 Å². The number of likely N-dealkylation sites (N-methyl/N-ethyl adjacent to an activating group) is 1. The van der Waals surface area contributed by atoms with Gasteiger partial charge in [0.2, 0.25) is 0 Å². The van der Waals surface area contributed by atoms with Gasteiger partial charge >= 0.3 is 5.97 Å². The molecule has 1 amide bonds. The summed E-state index contributed by atoms with van der Waals surface area (Å²) in [5.74, 6) is -0.0724. The van der Waals surface area contributed by atoms with Crippen molar-refractivity contribution in [2.75, 3.05) is 27.4 Å². The number of ether oxygens (including phenoxy) is 3. The average molecular weight is 444 g/mol. The van der Waals surface area contributed by atoms with E-state index in [0.717, 1.165) is 18.4 Å². The van der Waals surface area contributed by atoms with Crippen LogP contribution in [0.2, 0.25) is 0 Å². The summed E-state index contributed by atoms with van der Waals surface area (Å²) in [6.07, 6.45) is 2.67. The fourth-order valence-corrected chi connectivity index (χ4v) is 4.34. The molecule has 0 radical (unpaired) electrons. The fraction of sp³-hybridized carbons (Fsp3) is 0.440. The number of rotatable bonds is 9. The van der Waals surface area contributed by atoms with Gasteiger partial charge in [0, 0.05) is 18.7 Å². The van der Waals surface area contributed by atoms with E-state index >= 15 is 0 Å². The molecule has 6 nitrogen and oxygen atoms in total. The molecule has 0 aliphatic heterocycles. The molecule has 1 aliphatic rings. The number of esters is 1. The largest absolute Gasteiger partial charge is 0.493 e. The third-order valence-electron chi connectivity index (χ3n) is 6.12. The first-order valence-corrected chi connectivity index (χ1v) is 10.9. The van der Waals surface area contributed by atoms with Crippen molar-refractivity contribution >= 4 is 11.9 Å². The van der Waals surface area contributed by atoms with Gasteiger partial charge in [-0.2, -0.15) is 0 Å². The first kappa shape index (κ1) is 23.6. The fourth-order valence-electron chi connectivity index (χ4n) is 4.34. The number of amides is 1. The minimum Gasteiger partial charge on any atom is -0.493 e. The summed E-state index contributed by atoms with van der Waals surface area (Å²) in [5, 5.41) is 0. The van der Waals surface area contributed by atoms with E-state index in [4.69, 9.17) is 14.2 Å². The molecule has 0 heterocycles. The van der Waals surface area contributed by atoms with Gasteiger partial charge in [-0.05, 0) is 43.5 Å². The number of carbonyl (C=O) groups excluding carboxylic acids is 2. The van der Waals surface area contributed by atoms with Crippen LogP contribution >= 0.6 is 0 Å². The Labute approximate surface area is 188 Å². The Bertz CT molecular complexity index is 955. The molecule has 1 fully saturated rings. The van der Waals surface area contributed by atoms with Gasteiger partial charge in [-0.3, -0.25) is 9.59 Å². The minimum atomic E-state index is -1.02. The van der Waals surface area contributed by atoms with E-state index in [9.17, 15) is 14.0 Å². The Hall–Kier alpha value is -3.09. The van der Waals surface area contributed by atoms with Gasteiger partial charge < -0.3 is 19.1 Å². The van der Waals surface area contributed by atoms with E-state index in [1.165, 1.54) is 6.07 Å². The Morgan fingerprint density at radius 2 is 1.72 bits per heavy atom. The lowest BCUT2D eigenvalue weighted by atomic mass is 9.78. The zero-order chi connectivity index (χ0) is 23.1. The summed E-state index contributed by atoms with van der Waals surface area (Å²) < 4.78 is 30.5. The molecule has 172 valence electrons. The van der Waals surface area contributed by atoms with E-state index in [-0.39, 0.29) is 12.5 Å². The molecule has 1 aliphatic carbocycles. The van der Waals surface area contributed by atoms with Crippen LogP contribution in [0.1, 0.15) is 43.7 Å². The van der Waals surface area contributed by atoms with E-state index in [0.29, 0.717) is 43.0 Å². The van der Waals surface area contributed by atoms with Crippen LogP contribution in [0.4, 0.5) is 4.39 Å². The van der Waals surface area contributed by atoms with Crippen LogP contribution in [0.5, 0.6) is 11.5 Å². The monoisotopic (exact) mass is 443 g/mol. The quantitative estimate of drug-likeness (QED) is 0.542. The molecule has 7 heteroatoms. The Morgan fingerprint density at radius 1 is 1.03 bits per heavy atom. The van der Waals surface area contributed by atoms with Crippen LogP contribution in [0.25, 0.3) is 0 Å². The molecule has 2 aromatic rings. The number of methoxy groups -OCH3 is 2. The molecule has 2 aromatic carbocycles. The standard InChI is InChI=1S/C25H30FNO5/c1-4-27(16-18-11-12-21(30-2)22(15-18)31-3)23(28)17-32-24(29)25(13-7-8-14-25)19-9-5-6-10-20(19)26/h5-6,9-12,15H,4,7-8,13-14,16-17H2,1-3H3. The number of benzene rings is 2. The normalized spacial score (nSPS) is 14.6. The third-order valence-corrected chi connectivity index (χ3v) is 6.12. The van der Waals surface area contributed by atoms with Crippen LogP contribution in [0.15, 0.2) is 42.5 Å². The van der Waals surface area contributed by atoms with Gasteiger partial charge in [0.05, 0.1) is 19.6 Å². The molecular weight excluding hydrogens is 413 g/mol. The van der Waals surface area contributed by atoms with Crippen molar-refractivity contribution in [3.63, 3.8) is 0 Å². The smallest absolute Gasteiger partial charge is 0.317 e. The lowest BCUT2D eigenvalue weighted by Gasteiger charge is -2.28. The predicted octanol–water partition coefficient (Wildman–Crippen LogP) is 4.25. The van der Waals surface area contributed by atoms with E-state index in [1.54, 1.807) is 43.4 Å². The second-order valence-electron chi connectivity index (χ2n) is 7.94. The highest BCUT2D eigenvalue weighted by atomic mass is 19.1. The highest BCUT2D eigenvalue weighted by Crippen LogP contribution is 2.43. The second-order valence-corrected chi connectivity index (χ2v) is 7.94. The van der Waals surface area contributed by atoms with Crippen molar-refractivity contribution in [3.05, 3.63) is 59.4 Å². The second kappa shape index (κ2) is 10.5. The van der Waals surface area contributed by atoms with Crippen molar-refractivity contribution in [2.45, 2.75) is 44.6 Å². The predicted molar refractivity (Wildman–Crippen MR) is 118 cm³/mol. The lowest BCUT2D eigenvalue weighted by Crippen LogP contribution is -2.39. The van der Waals surface area contributed by atoms with Crippen molar-refractivity contribution in [1.82, 2.24) is 4.90 Å². The van der Waals surface area contributed by atoms with Crippen LogP contribution in [0, 0.1) is 5.82 Å². The average Bonchev–Trinajstić information content (AvgIpc) is 3.31. The van der Waals surface area contributed by atoms with Gasteiger partial charge in [0.15, 0.2) is 18.1 Å². The Kier molecular flexibility index (Phi) is 7.72. The van der Waals surface area contributed by atoms with Crippen LogP contribution < -0.4 is 9.47 Å². The van der Waals surface area contributed by atoms with Crippen LogP contribution in [0.3, 0.4) is 0 Å². The summed E-state index contributed by atoms with van der Waals surface area (Å²) in [6, 6.07) is 11.8. The number of nitrogens with zero attached hydrogens (tertiary/aromatic N) is 1. The van der Waals surface area contributed by atoms with E-state index in [2.05, 4.69) is 0 Å². The summed E-state index contributed by atoms with van der Waals surface area (Å²) in [6.45, 7) is 2.27. The molecule has 0 aromatic heterocycles. The molecule has 0 saturated heterocycles. The van der Waals surface area contributed by atoms with E-state index < -0.39 is 17.2 Å². The highest BCUT2D eigenvalue weighted by Gasteiger charge is 2.46. The van der Waals surface area contributed by atoms with E-state index in [1.807, 2.05) is 19.1 Å². The molecule has 3 rings (SSSR count). The number of carbonyl (C=O) groups is 2. The SMILES string of the molecule is CCN(Cc1ccc(OC)c(OC)c1)C(=O)COC(=O)C1(c2ccccc2F)CCCC1. The van der Waals surface area contributed by atoms with Crippen molar-refractivity contribution in [2.24, 2.45) is 0 Å². The summed E-state index contributed by atoms with van der Waals surface area (Å²) in [7, 11) is 3.12. The summed E-state index contributed by atoms with van der Waals surface area (Å²) in [4.78, 5) is 27.5. The number of halogens is 1. The molecule has 0 bridgehead atoms. The first-order valence-electron chi connectivity index (χ1n) is 10.9. The maximum atomic E-state index is 14.5. The molecule has 0 spiro atoms. The summed E-state index contributed by atoms with van der Waals surface area (Å²) in [5.41, 5.74) is 0.196. The van der Waals surface area contributed by atoms with Crippen molar-refractivity contribution < 1.29 is 28.2 Å². The minimum absolute atomic E-state index is 0.308. The zero-order valence-electron chi connectivity index (χ0n) is 18.9. The van der Waals surface area contributed by atoms with Crippen molar-refractivity contribution in [1.29, 1.82) is 0 Å². The molecule has 1 saturated carbocycles. The molecule has 0 unspecified atom stereocenters. The Morgan fingerprint density at radius 3 is 2.34 bits per heavy atom. The maximum absolute atomic E-state index is 14.5. The van der Waals surface area contributed by atoms with Gasteiger partial charge in [-0.15, -0.1) is 0 Å². The molecule has 32 heavy (non-hydrogen) atoms. The summed E-state index contributed by atoms with van der Waals surface area (Å²) >= 11 is 0. The lowest BCUT2D eigenvalue weighted by molar-refractivity contribution is -0.157. The van der Waals surface area contributed by atoms with Gasteiger partial charge in [-0.1, -0.05) is 37.1 Å². The van der Waals surface area contributed by atoms with Gasteiger partial charge in [-0.25, -0.2) is 4.39 Å². The highest BCUT2D eigenvalue weighted by molar-refractivity contribution is 5.86. The van der Waals surface area contributed by atoms with Crippen LogP contribution in [-0.2, 0) is 26.3 Å². The molecular formula is C25H30FNO5. The topological polar surface area (TPSA) is 65.1 Å². The molecule has 0 N–H and O–H groups in total. The number of hydrogen-bond donors (Lipinski definition) is 0. The van der Waals surface area contributed by atoms with Gasteiger partial charge in [0.25, 0.3) is 5.91 Å². The maximum Gasteiger partial charge on any atom is 0.317 e. The zero-order valence-corrected chi connectivity index (χ0v) is 18.9. The molecule has 0 atom stereocenters. The number of hydrogen-bond acceptors (Lipinski definition) is 5. The van der Waals surface area contributed by atoms with Crippen molar-refractivity contribution in [3.8, 4) is 11.5 Å². The first-order chi connectivity index (χ1) is 15.4.